The van der Waals surface area contributed by atoms with E-state index in [1.54, 1.807) is 0 Å². The van der Waals surface area contributed by atoms with Gasteiger partial charge in [0.2, 0.25) is 0 Å². The van der Waals surface area contributed by atoms with Crippen molar-refractivity contribution in [2.24, 2.45) is 5.92 Å². The average molecular weight is 241 g/mol. The fourth-order valence-corrected chi connectivity index (χ4v) is 2.53. The van der Waals surface area contributed by atoms with Crippen LogP contribution in [0.15, 0.2) is 0 Å². The minimum absolute atomic E-state index is 0.0786. The molecule has 100 valence electrons. The van der Waals surface area contributed by atoms with Crippen molar-refractivity contribution in [3.8, 4) is 0 Å². The highest BCUT2D eigenvalue weighted by molar-refractivity contribution is 5.75. The largest absolute Gasteiger partial charge is 0.465 e. The molecule has 1 unspecified atom stereocenters. The number of carbonyl (C=O) groups excluding carboxylic acids is 1. The molecule has 0 amide bonds. The summed E-state index contributed by atoms with van der Waals surface area (Å²) in [5, 5.41) is 3.40. The zero-order valence-electron chi connectivity index (χ0n) is 11.3. The third-order valence-corrected chi connectivity index (χ3v) is 3.53. The molecule has 0 aromatic carbocycles. The molecule has 1 aliphatic carbocycles. The highest BCUT2D eigenvalue weighted by Gasteiger charge is 2.20. The Kier molecular flexibility index (Phi) is 7.25. The third kappa shape index (κ3) is 5.53. The molecule has 0 heterocycles. The summed E-state index contributed by atoms with van der Waals surface area (Å²) in [4.78, 5) is 11.7. The summed E-state index contributed by atoms with van der Waals surface area (Å²) in [5.74, 6) is 0.683. The lowest BCUT2D eigenvalue weighted by atomic mass is 9.89. The first kappa shape index (κ1) is 14.5. The Morgan fingerprint density at radius 2 is 2.00 bits per heavy atom. The van der Waals surface area contributed by atoms with Crippen LogP contribution in [0.2, 0.25) is 0 Å². The first-order valence-electron chi connectivity index (χ1n) is 7.18. The number of ether oxygens (including phenoxy) is 1. The Balaban J connectivity index is 2.29. The predicted molar refractivity (Wildman–Crippen MR) is 69.9 cm³/mol. The number of rotatable bonds is 7. The molecular weight excluding hydrogens is 214 g/mol. The quantitative estimate of drug-likeness (QED) is 0.697. The molecule has 0 saturated heterocycles. The molecule has 0 radical (unpaired) electrons. The minimum Gasteiger partial charge on any atom is -0.465 e. The highest BCUT2D eigenvalue weighted by atomic mass is 16.5. The maximum atomic E-state index is 11.7. The van der Waals surface area contributed by atoms with Gasteiger partial charge in [-0.1, -0.05) is 32.6 Å². The van der Waals surface area contributed by atoms with Gasteiger partial charge in [-0.3, -0.25) is 4.79 Å². The van der Waals surface area contributed by atoms with E-state index in [0.29, 0.717) is 6.61 Å². The molecule has 1 rings (SSSR count). The van der Waals surface area contributed by atoms with Crippen molar-refractivity contribution in [3.63, 3.8) is 0 Å². The van der Waals surface area contributed by atoms with Crippen molar-refractivity contribution in [2.75, 3.05) is 13.2 Å². The lowest BCUT2D eigenvalue weighted by molar-refractivity contribution is -0.145. The van der Waals surface area contributed by atoms with E-state index in [-0.39, 0.29) is 12.0 Å². The Bertz CT molecular complexity index is 212. The first-order valence-corrected chi connectivity index (χ1v) is 7.18. The monoisotopic (exact) mass is 241 g/mol. The molecule has 1 aliphatic rings. The Hall–Kier alpha value is -0.570. The fourth-order valence-electron chi connectivity index (χ4n) is 2.53. The van der Waals surface area contributed by atoms with Gasteiger partial charge in [0.25, 0.3) is 0 Å². The zero-order chi connectivity index (χ0) is 12.5. The fraction of sp³-hybridized carbons (Fsp3) is 0.929. The van der Waals surface area contributed by atoms with Gasteiger partial charge in [-0.15, -0.1) is 0 Å². The molecular formula is C14H27NO2. The second-order valence-corrected chi connectivity index (χ2v) is 5.01. The van der Waals surface area contributed by atoms with Crippen LogP contribution in [0.1, 0.15) is 58.8 Å². The second-order valence-electron chi connectivity index (χ2n) is 5.01. The van der Waals surface area contributed by atoms with Crippen molar-refractivity contribution in [1.29, 1.82) is 0 Å². The number of esters is 1. The maximum Gasteiger partial charge on any atom is 0.323 e. The summed E-state index contributed by atoms with van der Waals surface area (Å²) >= 11 is 0. The molecule has 17 heavy (non-hydrogen) atoms. The van der Waals surface area contributed by atoms with Crippen molar-refractivity contribution >= 4 is 5.97 Å². The van der Waals surface area contributed by atoms with Gasteiger partial charge in [0.1, 0.15) is 6.04 Å². The molecule has 0 aromatic rings. The van der Waals surface area contributed by atoms with Crippen LogP contribution < -0.4 is 5.32 Å². The van der Waals surface area contributed by atoms with E-state index < -0.39 is 0 Å². The van der Waals surface area contributed by atoms with Crippen molar-refractivity contribution in [1.82, 2.24) is 5.32 Å². The van der Waals surface area contributed by atoms with Crippen molar-refractivity contribution < 1.29 is 9.53 Å². The van der Waals surface area contributed by atoms with Crippen LogP contribution in [0, 0.1) is 5.92 Å². The summed E-state index contributed by atoms with van der Waals surface area (Å²) in [7, 11) is 0. The summed E-state index contributed by atoms with van der Waals surface area (Å²) < 4.78 is 5.10. The zero-order valence-corrected chi connectivity index (χ0v) is 11.3. The number of hydrogen-bond donors (Lipinski definition) is 1. The standard InChI is InChI=1S/C14H27NO2/c1-3-8-13(14(16)17-4-2)15-11-12-9-6-5-7-10-12/h12-13,15H,3-11H2,1-2H3. The van der Waals surface area contributed by atoms with E-state index in [9.17, 15) is 4.79 Å². The highest BCUT2D eigenvalue weighted by Crippen LogP contribution is 2.23. The molecule has 0 aliphatic heterocycles. The Morgan fingerprint density at radius 1 is 1.29 bits per heavy atom. The first-order chi connectivity index (χ1) is 8.27. The molecule has 1 fully saturated rings. The predicted octanol–water partition coefficient (Wildman–Crippen LogP) is 2.89. The van der Waals surface area contributed by atoms with E-state index in [2.05, 4.69) is 12.2 Å². The lowest BCUT2D eigenvalue weighted by Gasteiger charge is -2.24. The van der Waals surface area contributed by atoms with Crippen LogP contribution in [0.25, 0.3) is 0 Å². The van der Waals surface area contributed by atoms with E-state index in [1.807, 2.05) is 6.92 Å². The molecule has 1 N–H and O–H groups in total. The van der Waals surface area contributed by atoms with Crippen LogP contribution in [0.4, 0.5) is 0 Å². The molecule has 3 heteroatoms. The van der Waals surface area contributed by atoms with Gasteiger partial charge in [-0.25, -0.2) is 0 Å². The third-order valence-electron chi connectivity index (χ3n) is 3.53. The Morgan fingerprint density at radius 3 is 2.59 bits per heavy atom. The van der Waals surface area contributed by atoms with E-state index in [1.165, 1.54) is 32.1 Å². The summed E-state index contributed by atoms with van der Waals surface area (Å²) in [6.07, 6.45) is 8.61. The molecule has 0 aromatic heterocycles. The van der Waals surface area contributed by atoms with Gasteiger partial charge in [-0.2, -0.15) is 0 Å². The van der Waals surface area contributed by atoms with Crippen LogP contribution in [0.5, 0.6) is 0 Å². The molecule has 1 atom stereocenters. The summed E-state index contributed by atoms with van der Waals surface area (Å²) in [6.45, 7) is 5.42. The normalized spacial score (nSPS) is 18.9. The van der Waals surface area contributed by atoms with Crippen molar-refractivity contribution in [2.45, 2.75) is 64.8 Å². The molecule has 3 nitrogen and oxygen atoms in total. The van der Waals surface area contributed by atoms with Crippen LogP contribution >= 0.6 is 0 Å². The van der Waals surface area contributed by atoms with Crippen LogP contribution in [0.3, 0.4) is 0 Å². The SMILES string of the molecule is CCCC(NCC1CCCCC1)C(=O)OCC. The van der Waals surface area contributed by atoms with Gasteiger partial charge in [0.05, 0.1) is 6.61 Å². The van der Waals surface area contributed by atoms with E-state index >= 15 is 0 Å². The van der Waals surface area contributed by atoms with E-state index in [4.69, 9.17) is 4.74 Å². The van der Waals surface area contributed by atoms with Gasteiger partial charge in [0.15, 0.2) is 0 Å². The summed E-state index contributed by atoms with van der Waals surface area (Å²) in [5.41, 5.74) is 0. The smallest absolute Gasteiger partial charge is 0.323 e. The van der Waals surface area contributed by atoms with Gasteiger partial charge in [0, 0.05) is 0 Å². The van der Waals surface area contributed by atoms with Crippen molar-refractivity contribution in [3.05, 3.63) is 0 Å². The minimum atomic E-state index is -0.0955. The van der Waals surface area contributed by atoms with E-state index in [0.717, 1.165) is 25.3 Å². The Labute approximate surface area is 105 Å². The van der Waals surface area contributed by atoms with Gasteiger partial charge >= 0.3 is 5.97 Å². The average Bonchev–Trinajstić information content (AvgIpc) is 2.36. The second kappa shape index (κ2) is 8.51. The number of carbonyl (C=O) groups is 1. The van der Waals surface area contributed by atoms with Crippen LogP contribution in [-0.4, -0.2) is 25.2 Å². The number of nitrogens with one attached hydrogen (secondary N) is 1. The van der Waals surface area contributed by atoms with Crippen LogP contribution in [-0.2, 0) is 9.53 Å². The lowest BCUT2D eigenvalue weighted by Crippen LogP contribution is -2.40. The van der Waals surface area contributed by atoms with Gasteiger partial charge < -0.3 is 10.1 Å². The molecule has 1 saturated carbocycles. The summed E-state index contributed by atoms with van der Waals surface area (Å²) in [6, 6.07) is -0.0955. The van der Waals surface area contributed by atoms with Gasteiger partial charge in [-0.05, 0) is 38.6 Å². The topological polar surface area (TPSA) is 38.3 Å². The molecule has 0 bridgehead atoms. The molecule has 0 spiro atoms. The maximum absolute atomic E-state index is 11.7. The number of hydrogen-bond acceptors (Lipinski definition) is 3.